The molecule has 0 radical (unpaired) electrons. The lowest BCUT2D eigenvalue weighted by atomic mass is 9.69. The van der Waals surface area contributed by atoms with Crippen molar-refractivity contribution in [3.05, 3.63) is 35.4 Å². The fourth-order valence-corrected chi connectivity index (χ4v) is 4.38. The van der Waals surface area contributed by atoms with E-state index in [-0.39, 0.29) is 5.92 Å². The van der Waals surface area contributed by atoms with Crippen molar-refractivity contribution in [1.82, 2.24) is 0 Å². The van der Waals surface area contributed by atoms with Gasteiger partial charge in [-0.3, -0.25) is 4.79 Å². The molecular formula is C19H26O. The lowest BCUT2D eigenvalue weighted by molar-refractivity contribution is -0.127. The summed E-state index contributed by atoms with van der Waals surface area (Å²) in [4.78, 5) is 13.1. The molecule has 3 unspecified atom stereocenters. The fourth-order valence-electron chi connectivity index (χ4n) is 4.38. The van der Waals surface area contributed by atoms with Gasteiger partial charge in [0.05, 0.1) is 0 Å². The van der Waals surface area contributed by atoms with E-state index in [4.69, 9.17) is 0 Å². The lowest BCUT2D eigenvalue weighted by Gasteiger charge is -2.34. The van der Waals surface area contributed by atoms with Gasteiger partial charge in [-0.05, 0) is 49.1 Å². The van der Waals surface area contributed by atoms with Crippen LogP contribution in [0.1, 0.15) is 68.9 Å². The highest BCUT2D eigenvalue weighted by molar-refractivity contribution is 5.88. The van der Waals surface area contributed by atoms with Crippen LogP contribution in [0.5, 0.6) is 0 Å². The lowest BCUT2D eigenvalue weighted by Crippen LogP contribution is -2.32. The van der Waals surface area contributed by atoms with E-state index < -0.39 is 0 Å². The summed E-state index contributed by atoms with van der Waals surface area (Å²) >= 11 is 0. The first-order valence-electron chi connectivity index (χ1n) is 8.42. The zero-order chi connectivity index (χ0) is 13.9. The van der Waals surface area contributed by atoms with Gasteiger partial charge in [-0.1, -0.05) is 50.5 Å². The van der Waals surface area contributed by atoms with Crippen LogP contribution < -0.4 is 0 Å². The Hall–Kier alpha value is -1.11. The number of Topliss-reactive ketones (excluding diaryl/α,β-unsaturated/α-hetero) is 1. The largest absolute Gasteiger partial charge is 0.299 e. The molecule has 3 rings (SSSR count). The van der Waals surface area contributed by atoms with E-state index in [0.29, 0.717) is 17.6 Å². The molecule has 0 heterocycles. The van der Waals surface area contributed by atoms with Gasteiger partial charge in [0.2, 0.25) is 0 Å². The van der Waals surface area contributed by atoms with Gasteiger partial charge in [-0.15, -0.1) is 0 Å². The number of aryl methyl sites for hydroxylation is 1. The number of hydrogen-bond acceptors (Lipinski definition) is 1. The van der Waals surface area contributed by atoms with Gasteiger partial charge in [0.1, 0.15) is 5.78 Å². The van der Waals surface area contributed by atoms with Crippen LogP contribution in [-0.2, 0) is 11.2 Å². The van der Waals surface area contributed by atoms with Crippen molar-refractivity contribution >= 4 is 5.78 Å². The molecule has 0 bridgehead atoms. The molecule has 1 heteroatoms. The minimum atomic E-state index is 0.192. The third-order valence-electron chi connectivity index (χ3n) is 5.51. The van der Waals surface area contributed by atoms with E-state index in [1.165, 1.54) is 43.2 Å². The predicted molar refractivity (Wildman–Crippen MR) is 82.9 cm³/mol. The van der Waals surface area contributed by atoms with Crippen molar-refractivity contribution in [2.45, 2.75) is 64.2 Å². The molecular weight excluding hydrogens is 244 g/mol. The van der Waals surface area contributed by atoms with Gasteiger partial charge in [0.25, 0.3) is 0 Å². The number of hydrogen-bond donors (Lipinski definition) is 0. The summed E-state index contributed by atoms with van der Waals surface area (Å²) in [6, 6.07) is 8.62. The molecule has 1 aromatic carbocycles. The monoisotopic (exact) mass is 270 g/mol. The van der Waals surface area contributed by atoms with Crippen LogP contribution in [0.2, 0.25) is 0 Å². The minimum Gasteiger partial charge on any atom is -0.299 e. The summed E-state index contributed by atoms with van der Waals surface area (Å²) in [6.45, 7) is 2.26. The molecule has 1 saturated carbocycles. The highest BCUT2D eigenvalue weighted by Crippen LogP contribution is 2.40. The van der Waals surface area contributed by atoms with E-state index in [1.807, 2.05) is 0 Å². The standard InChI is InChI=1S/C19H26O/c1-2-14-8-3-6-12-17(14)19(20)18-13-7-10-15-9-4-5-11-16(15)18/h4-5,9,11,14,17-18H,2-3,6-8,10,12-13H2,1H3. The van der Waals surface area contributed by atoms with E-state index in [0.717, 1.165) is 19.3 Å². The van der Waals surface area contributed by atoms with Crippen molar-refractivity contribution < 1.29 is 4.79 Å². The van der Waals surface area contributed by atoms with Crippen molar-refractivity contribution in [1.29, 1.82) is 0 Å². The van der Waals surface area contributed by atoms with E-state index in [2.05, 4.69) is 31.2 Å². The topological polar surface area (TPSA) is 17.1 Å². The van der Waals surface area contributed by atoms with Crippen LogP contribution in [0.3, 0.4) is 0 Å². The fraction of sp³-hybridized carbons (Fsp3) is 0.632. The smallest absolute Gasteiger partial charge is 0.143 e. The molecule has 0 saturated heterocycles. The minimum absolute atomic E-state index is 0.192. The Kier molecular flexibility index (Phi) is 4.24. The number of ketones is 1. The first-order valence-corrected chi connectivity index (χ1v) is 8.42. The quantitative estimate of drug-likeness (QED) is 0.764. The molecule has 0 spiro atoms. The first-order chi connectivity index (χ1) is 9.81. The summed E-state index contributed by atoms with van der Waals surface area (Å²) in [5.74, 6) is 1.73. The number of carbonyl (C=O) groups is 1. The molecule has 1 fully saturated rings. The average Bonchev–Trinajstić information content (AvgIpc) is 2.53. The Labute approximate surface area is 122 Å². The molecule has 108 valence electrons. The second kappa shape index (κ2) is 6.11. The normalized spacial score (nSPS) is 29.8. The maximum absolute atomic E-state index is 13.1. The Morgan fingerprint density at radius 1 is 1.10 bits per heavy atom. The SMILES string of the molecule is CCC1CCCCC1C(=O)C1CCCc2ccccc21. The highest BCUT2D eigenvalue weighted by Gasteiger charge is 2.35. The molecule has 0 aliphatic heterocycles. The summed E-state index contributed by atoms with van der Waals surface area (Å²) in [7, 11) is 0. The third kappa shape index (κ3) is 2.55. The number of benzene rings is 1. The molecule has 2 aliphatic rings. The molecule has 3 atom stereocenters. The van der Waals surface area contributed by atoms with Crippen LogP contribution >= 0.6 is 0 Å². The summed E-state index contributed by atoms with van der Waals surface area (Å²) in [6.07, 6.45) is 9.55. The number of fused-ring (bicyclic) bond motifs is 1. The van der Waals surface area contributed by atoms with Crippen LogP contribution in [0, 0.1) is 11.8 Å². The van der Waals surface area contributed by atoms with Gasteiger partial charge in [-0.2, -0.15) is 0 Å². The van der Waals surface area contributed by atoms with Gasteiger partial charge in [-0.25, -0.2) is 0 Å². The number of rotatable bonds is 3. The van der Waals surface area contributed by atoms with Crippen molar-refractivity contribution in [3.63, 3.8) is 0 Å². The maximum Gasteiger partial charge on any atom is 0.143 e. The van der Waals surface area contributed by atoms with Gasteiger partial charge < -0.3 is 0 Å². The molecule has 2 aliphatic carbocycles. The molecule has 0 N–H and O–H groups in total. The van der Waals surface area contributed by atoms with Crippen molar-refractivity contribution in [3.8, 4) is 0 Å². The van der Waals surface area contributed by atoms with Crippen LogP contribution in [0.15, 0.2) is 24.3 Å². The average molecular weight is 270 g/mol. The molecule has 0 amide bonds. The first kappa shape index (κ1) is 13.9. The van der Waals surface area contributed by atoms with E-state index in [1.54, 1.807) is 0 Å². The Morgan fingerprint density at radius 3 is 2.75 bits per heavy atom. The molecule has 1 aromatic rings. The Morgan fingerprint density at radius 2 is 1.90 bits per heavy atom. The van der Waals surface area contributed by atoms with E-state index in [9.17, 15) is 4.79 Å². The van der Waals surface area contributed by atoms with Crippen molar-refractivity contribution in [2.24, 2.45) is 11.8 Å². The third-order valence-corrected chi connectivity index (χ3v) is 5.51. The predicted octanol–water partition coefficient (Wildman–Crippen LogP) is 4.89. The van der Waals surface area contributed by atoms with Gasteiger partial charge >= 0.3 is 0 Å². The van der Waals surface area contributed by atoms with E-state index >= 15 is 0 Å². The summed E-state index contributed by atoms with van der Waals surface area (Å²) < 4.78 is 0. The Bertz CT molecular complexity index is 476. The second-order valence-electron chi connectivity index (χ2n) is 6.61. The maximum atomic E-state index is 13.1. The zero-order valence-electron chi connectivity index (χ0n) is 12.6. The second-order valence-corrected chi connectivity index (χ2v) is 6.61. The van der Waals surface area contributed by atoms with Gasteiger partial charge in [0, 0.05) is 11.8 Å². The summed E-state index contributed by atoms with van der Waals surface area (Å²) in [5.41, 5.74) is 2.75. The van der Waals surface area contributed by atoms with Crippen LogP contribution in [-0.4, -0.2) is 5.78 Å². The Balaban J connectivity index is 1.84. The zero-order valence-corrected chi connectivity index (χ0v) is 12.6. The summed E-state index contributed by atoms with van der Waals surface area (Å²) in [5, 5.41) is 0. The van der Waals surface area contributed by atoms with Crippen LogP contribution in [0.25, 0.3) is 0 Å². The number of carbonyl (C=O) groups excluding carboxylic acids is 1. The van der Waals surface area contributed by atoms with Crippen molar-refractivity contribution in [2.75, 3.05) is 0 Å². The molecule has 1 nitrogen and oxygen atoms in total. The van der Waals surface area contributed by atoms with Crippen LogP contribution in [0.4, 0.5) is 0 Å². The highest BCUT2D eigenvalue weighted by atomic mass is 16.1. The van der Waals surface area contributed by atoms with Gasteiger partial charge in [0.15, 0.2) is 0 Å². The molecule has 0 aromatic heterocycles. The molecule has 20 heavy (non-hydrogen) atoms.